The molecule has 0 aliphatic heterocycles. The predicted octanol–water partition coefficient (Wildman–Crippen LogP) is 3.96. The fourth-order valence-electron chi connectivity index (χ4n) is 3.41. The van der Waals surface area contributed by atoms with E-state index in [-0.39, 0.29) is 30.4 Å². The molecule has 4 N–H and O–H groups in total. The number of aromatic nitrogens is 1. The van der Waals surface area contributed by atoms with Crippen molar-refractivity contribution in [3.05, 3.63) is 69.1 Å². The van der Waals surface area contributed by atoms with Gasteiger partial charge in [-0.05, 0) is 58.8 Å². The van der Waals surface area contributed by atoms with Crippen molar-refractivity contribution in [3.8, 4) is 11.1 Å². The van der Waals surface area contributed by atoms with E-state index in [4.69, 9.17) is 5.73 Å². The van der Waals surface area contributed by atoms with Gasteiger partial charge in [0.2, 0.25) is 0 Å². The third-order valence-corrected chi connectivity index (χ3v) is 5.52. The highest BCUT2D eigenvalue weighted by molar-refractivity contribution is 7.17. The Hall–Kier alpha value is -2.25. The lowest BCUT2D eigenvalue weighted by atomic mass is 9.92. The standard InChI is InChI=1S/C20H17FN2O2S.ClH/c21-15-9-12(2-1-11(15)5-7-22)17-13(10-24)3-4-16-18(17)14-6-8-26-19(14)20(25)23-16;/h1-4,6,8-9,24H,5,7,10,22H2,(H,23,25);1H. The quantitative estimate of drug-likeness (QED) is 0.481. The van der Waals surface area contributed by atoms with Crippen molar-refractivity contribution < 1.29 is 9.50 Å². The molecule has 0 atom stereocenters. The van der Waals surface area contributed by atoms with Gasteiger partial charge in [-0.15, -0.1) is 23.7 Å². The summed E-state index contributed by atoms with van der Waals surface area (Å²) in [5, 5.41) is 13.3. The van der Waals surface area contributed by atoms with Crippen molar-refractivity contribution in [1.29, 1.82) is 0 Å². The minimum absolute atomic E-state index is 0. The van der Waals surface area contributed by atoms with Crippen LogP contribution in [0.25, 0.3) is 32.1 Å². The monoisotopic (exact) mass is 404 g/mol. The molecular weight excluding hydrogens is 387 g/mol. The number of aliphatic hydroxyl groups is 1. The largest absolute Gasteiger partial charge is 0.392 e. The number of hydrogen-bond donors (Lipinski definition) is 3. The van der Waals surface area contributed by atoms with E-state index in [2.05, 4.69) is 4.98 Å². The molecular formula is C20H18ClFN2O2S. The van der Waals surface area contributed by atoms with Crippen molar-refractivity contribution in [2.45, 2.75) is 13.0 Å². The van der Waals surface area contributed by atoms with Gasteiger partial charge in [0, 0.05) is 16.3 Å². The molecule has 2 heterocycles. The molecule has 2 aromatic heterocycles. The second-order valence-electron chi connectivity index (χ2n) is 6.14. The molecule has 0 radical (unpaired) electrons. The highest BCUT2D eigenvalue weighted by Crippen LogP contribution is 2.37. The Kier molecular flexibility index (Phi) is 5.62. The summed E-state index contributed by atoms with van der Waals surface area (Å²) in [6.45, 7) is 0.200. The normalized spacial score (nSPS) is 11.1. The van der Waals surface area contributed by atoms with Crippen LogP contribution >= 0.6 is 23.7 Å². The lowest BCUT2D eigenvalue weighted by molar-refractivity contribution is 0.282. The highest BCUT2D eigenvalue weighted by Gasteiger charge is 2.16. The summed E-state index contributed by atoms with van der Waals surface area (Å²) in [6, 6.07) is 10.5. The van der Waals surface area contributed by atoms with E-state index in [0.29, 0.717) is 39.9 Å². The lowest BCUT2D eigenvalue weighted by Gasteiger charge is -2.14. The number of hydrogen-bond acceptors (Lipinski definition) is 4. The van der Waals surface area contributed by atoms with Crippen LogP contribution in [-0.2, 0) is 13.0 Å². The van der Waals surface area contributed by atoms with Gasteiger partial charge in [0.05, 0.1) is 6.61 Å². The maximum Gasteiger partial charge on any atom is 0.266 e. The molecule has 0 amide bonds. The smallest absolute Gasteiger partial charge is 0.266 e. The Morgan fingerprint density at radius 2 is 1.93 bits per heavy atom. The van der Waals surface area contributed by atoms with Crippen LogP contribution in [0.1, 0.15) is 11.1 Å². The molecule has 140 valence electrons. The average Bonchev–Trinajstić information content (AvgIpc) is 3.13. The van der Waals surface area contributed by atoms with Gasteiger partial charge in [-0.3, -0.25) is 4.79 Å². The molecule has 0 bridgehead atoms. The Labute approximate surface area is 164 Å². The van der Waals surface area contributed by atoms with Crippen LogP contribution in [0, 0.1) is 5.82 Å². The fourth-order valence-corrected chi connectivity index (χ4v) is 4.21. The first-order valence-corrected chi connectivity index (χ1v) is 9.16. The first kappa shape index (κ1) is 19.5. The number of thiophene rings is 1. The second kappa shape index (κ2) is 7.78. The van der Waals surface area contributed by atoms with Gasteiger partial charge in [-0.25, -0.2) is 4.39 Å². The van der Waals surface area contributed by atoms with Crippen molar-refractivity contribution in [1.82, 2.24) is 4.98 Å². The molecule has 4 aromatic rings. The number of halogens is 2. The number of benzene rings is 2. The van der Waals surface area contributed by atoms with Gasteiger partial charge in [-0.1, -0.05) is 18.2 Å². The molecule has 2 aromatic carbocycles. The Bertz CT molecular complexity index is 1190. The highest BCUT2D eigenvalue weighted by atomic mass is 35.5. The minimum Gasteiger partial charge on any atom is -0.392 e. The lowest BCUT2D eigenvalue weighted by Crippen LogP contribution is -2.06. The van der Waals surface area contributed by atoms with E-state index >= 15 is 0 Å². The van der Waals surface area contributed by atoms with Crippen LogP contribution in [-0.4, -0.2) is 16.6 Å². The van der Waals surface area contributed by atoms with E-state index in [0.717, 1.165) is 16.3 Å². The van der Waals surface area contributed by atoms with Crippen LogP contribution in [0.5, 0.6) is 0 Å². The molecule has 0 aliphatic carbocycles. The first-order chi connectivity index (χ1) is 12.6. The molecule has 4 nitrogen and oxygen atoms in total. The number of aliphatic hydroxyl groups excluding tert-OH is 1. The Morgan fingerprint density at radius 3 is 2.63 bits per heavy atom. The molecule has 0 spiro atoms. The number of nitrogens with one attached hydrogen (secondary N) is 1. The summed E-state index contributed by atoms with van der Waals surface area (Å²) in [7, 11) is 0. The van der Waals surface area contributed by atoms with Crippen molar-refractivity contribution in [2.24, 2.45) is 5.73 Å². The molecule has 0 aliphatic rings. The molecule has 7 heteroatoms. The van der Waals surface area contributed by atoms with Crippen LogP contribution in [0.4, 0.5) is 4.39 Å². The molecule has 0 saturated heterocycles. The summed E-state index contributed by atoms with van der Waals surface area (Å²) in [6.07, 6.45) is 0.469. The van der Waals surface area contributed by atoms with Gasteiger partial charge in [0.1, 0.15) is 10.5 Å². The third kappa shape index (κ3) is 3.26. The average molecular weight is 405 g/mol. The van der Waals surface area contributed by atoms with E-state index in [9.17, 15) is 14.3 Å². The summed E-state index contributed by atoms with van der Waals surface area (Å²) in [5.74, 6) is -0.320. The summed E-state index contributed by atoms with van der Waals surface area (Å²) < 4.78 is 15.1. The molecule has 0 fully saturated rings. The van der Waals surface area contributed by atoms with Crippen LogP contribution in [0.2, 0.25) is 0 Å². The number of nitrogens with two attached hydrogens (primary N) is 1. The van der Waals surface area contributed by atoms with Crippen LogP contribution in [0.15, 0.2) is 46.6 Å². The summed E-state index contributed by atoms with van der Waals surface area (Å²) in [4.78, 5) is 15.1. The third-order valence-electron chi connectivity index (χ3n) is 4.61. The zero-order valence-corrected chi connectivity index (χ0v) is 15.9. The first-order valence-electron chi connectivity index (χ1n) is 8.29. The topological polar surface area (TPSA) is 79.1 Å². The van der Waals surface area contributed by atoms with Gasteiger partial charge in [0.25, 0.3) is 5.56 Å². The van der Waals surface area contributed by atoms with Gasteiger partial charge < -0.3 is 15.8 Å². The maximum absolute atomic E-state index is 14.5. The Morgan fingerprint density at radius 1 is 1.15 bits per heavy atom. The van der Waals surface area contributed by atoms with Crippen molar-refractivity contribution >= 4 is 44.7 Å². The van der Waals surface area contributed by atoms with Crippen LogP contribution < -0.4 is 11.3 Å². The number of pyridine rings is 1. The zero-order valence-electron chi connectivity index (χ0n) is 14.3. The fraction of sp³-hybridized carbons (Fsp3) is 0.150. The van der Waals surface area contributed by atoms with Crippen molar-refractivity contribution in [2.75, 3.05) is 6.54 Å². The summed E-state index contributed by atoms with van der Waals surface area (Å²) >= 11 is 1.36. The van der Waals surface area contributed by atoms with E-state index < -0.39 is 0 Å². The summed E-state index contributed by atoms with van der Waals surface area (Å²) in [5.41, 5.74) is 8.71. The number of aromatic amines is 1. The van der Waals surface area contributed by atoms with E-state index in [1.807, 2.05) is 17.5 Å². The number of rotatable bonds is 4. The second-order valence-corrected chi connectivity index (χ2v) is 7.06. The Balaban J connectivity index is 0.00000210. The number of fused-ring (bicyclic) bond motifs is 3. The molecule has 4 rings (SSSR count). The maximum atomic E-state index is 14.5. The van der Waals surface area contributed by atoms with E-state index in [1.165, 1.54) is 17.4 Å². The van der Waals surface area contributed by atoms with Gasteiger partial charge >= 0.3 is 0 Å². The SMILES string of the molecule is Cl.NCCc1ccc(-c2c(CO)ccc3[nH]c(=O)c4sccc4c23)cc1F. The van der Waals surface area contributed by atoms with Crippen molar-refractivity contribution in [3.63, 3.8) is 0 Å². The molecule has 0 saturated carbocycles. The molecule has 27 heavy (non-hydrogen) atoms. The van der Waals surface area contributed by atoms with Gasteiger partial charge in [-0.2, -0.15) is 0 Å². The minimum atomic E-state index is -0.320. The van der Waals surface area contributed by atoms with Crippen LogP contribution in [0.3, 0.4) is 0 Å². The molecule has 0 unspecified atom stereocenters. The zero-order chi connectivity index (χ0) is 18.3. The van der Waals surface area contributed by atoms with Gasteiger partial charge in [0.15, 0.2) is 0 Å². The van der Waals surface area contributed by atoms with E-state index in [1.54, 1.807) is 18.2 Å². The number of H-pyrrole nitrogens is 1. The predicted molar refractivity (Wildman–Crippen MR) is 111 cm³/mol.